The second-order valence-corrected chi connectivity index (χ2v) is 2.77. The van der Waals surface area contributed by atoms with Gasteiger partial charge in [-0.1, -0.05) is 0 Å². The van der Waals surface area contributed by atoms with Gasteiger partial charge in [-0.3, -0.25) is 0 Å². The van der Waals surface area contributed by atoms with Crippen molar-refractivity contribution in [2.45, 2.75) is 32.1 Å². The van der Waals surface area contributed by atoms with Gasteiger partial charge >= 0.3 is 0 Å². The molecule has 0 spiro atoms. The molecule has 0 aromatic rings. The van der Waals surface area contributed by atoms with Crippen LogP contribution in [0.4, 0.5) is 0 Å². The van der Waals surface area contributed by atoms with Crippen molar-refractivity contribution in [2.75, 3.05) is 13.2 Å². The topological polar surface area (TPSA) is 72.7 Å². The Hall–Kier alpha value is -0.160. The summed E-state index contributed by atoms with van der Waals surface area (Å²) in [7, 11) is 0. The van der Waals surface area contributed by atoms with E-state index >= 15 is 0 Å². The second-order valence-electron chi connectivity index (χ2n) is 2.77. The predicted octanol–water partition coefficient (Wildman–Crippen LogP) is -1.30. The van der Waals surface area contributed by atoms with E-state index in [-0.39, 0.29) is 12.6 Å². The lowest BCUT2D eigenvalue weighted by molar-refractivity contribution is 0.0824. The minimum Gasteiger partial charge on any atom is -0.394 e. The molecule has 0 aliphatic carbocycles. The number of aliphatic hydroxyl groups excluding tert-OH is 3. The average molecular weight is 163 g/mol. The molecule has 68 valence electrons. The zero-order chi connectivity index (χ0) is 8.85. The van der Waals surface area contributed by atoms with Crippen molar-refractivity contribution in [1.82, 2.24) is 5.32 Å². The van der Waals surface area contributed by atoms with E-state index in [1.165, 1.54) is 0 Å². The standard InChI is InChI=1S/C7H17NO3/c1-5(6(2)10)8-3-7(11)4-9/h5-11H,3-4H2,1-2H3. The van der Waals surface area contributed by atoms with Gasteiger partial charge in [-0.25, -0.2) is 0 Å². The summed E-state index contributed by atoms with van der Waals surface area (Å²) in [4.78, 5) is 0. The zero-order valence-corrected chi connectivity index (χ0v) is 6.99. The molecule has 11 heavy (non-hydrogen) atoms. The van der Waals surface area contributed by atoms with Crippen LogP contribution in [-0.2, 0) is 0 Å². The monoisotopic (exact) mass is 163 g/mol. The van der Waals surface area contributed by atoms with Gasteiger partial charge in [0.15, 0.2) is 0 Å². The number of nitrogens with one attached hydrogen (secondary N) is 1. The molecule has 0 aromatic heterocycles. The molecule has 0 radical (unpaired) electrons. The van der Waals surface area contributed by atoms with Gasteiger partial charge in [-0.2, -0.15) is 0 Å². The molecule has 0 aliphatic heterocycles. The fourth-order valence-corrected chi connectivity index (χ4v) is 0.557. The van der Waals surface area contributed by atoms with E-state index in [0.29, 0.717) is 6.54 Å². The smallest absolute Gasteiger partial charge is 0.0895 e. The lowest BCUT2D eigenvalue weighted by atomic mass is 10.2. The summed E-state index contributed by atoms with van der Waals surface area (Å²) >= 11 is 0. The largest absolute Gasteiger partial charge is 0.394 e. The summed E-state index contributed by atoms with van der Waals surface area (Å²) in [5.41, 5.74) is 0. The molecule has 4 heteroatoms. The first-order chi connectivity index (χ1) is 5.07. The highest BCUT2D eigenvalue weighted by Gasteiger charge is 2.09. The maximum atomic E-state index is 9.00. The summed E-state index contributed by atoms with van der Waals surface area (Å²) in [5.74, 6) is 0. The van der Waals surface area contributed by atoms with E-state index in [9.17, 15) is 0 Å². The second kappa shape index (κ2) is 5.49. The molecular weight excluding hydrogens is 146 g/mol. The third kappa shape index (κ3) is 5.15. The molecule has 0 aliphatic rings. The van der Waals surface area contributed by atoms with Crippen LogP contribution in [0.2, 0.25) is 0 Å². The van der Waals surface area contributed by atoms with Crippen LogP contribution < -0.4 is 5.32 Å². The van der Waals surface area contributed by atoms with Crippen molar-refractivity contribution in [3.63, 3.8) is 0 Å². The molecule has 0 heterocycles. The minimum atomic E-state index is -0.740. The molecular formula is C7H17NO3. The molecule has 0 saturated heterocycles. The number of hydrogen-bond acceptors (Lipinski definition) is 4. The summed E-state index contributed by atoms with van der Waals surface area (Å²) in [6.45, 7) is 3.54. The number of rotatable bonds is 5. The highest BCUT2D eigenvalue weighted by molar-refractivity contribution is 4.68. The van der Waals surface area contributed by atoms with Crippen LogP contribution in [0.5, 0.6) is 0 Å². The van der Waals surface area contributed by atoms with E-state index in [1.54, 1.807) is 6.92 Å². The normalized spacial score (nSPS) is 19.4. The van der Waals surface area contributed by atoms with Gasteiger partial charge in [-0.05, 0) is 13.8 Å². The summed E-state index contributed by atoms with van der Waals surface area (Å²) in [5, 5.41) is 29.2. The Morgan fingerprint density at radius 2 is 1.82 bits per heavy atom. The van der Waals surface area contributed by atoms with Crippen LogP contribution >= 0.6 is 0 Å². The van der Waals surface area contributed by atoms with Gasteiger partial charge in [0.25, 0.3) is 0 Å². The fraction of sp³-hybridized carbons (Fsp3) is 1.00. The van der Waals surface area contributed by atoms with Crippen LogP contribution in [0.3, 0.4) is 0 Å². The molecule has 0 bridgehead atoms. The number of aliphatic hydroxyl groups is 3. The molecule has 3 atom stereocenters. The fourth-order valence-electron chi connectivity index (χ4n) is 0.557. The Labute approximate surface area is 66.9 Å². The molecule has 0 amide bonds. The van der Waals surface area contributed by atoms with Gasteiger partial charge in [0.2, 0.25) is 0 Å². The van der Waals surface area contributed by atoms with Crippen LogP contribution in [0.15, 0.2) is 0 Å². The van der Waals surface area contributed by atoms with Crippen LogP contribution in [0.1, 0.15) is 13.8 Å². The van der Waals surface area contributed by atoms with Crippen molar-refractivity contribution in [2.24, 2.45) is 0 Å². The Balaban J connectivity index is 3.37. The Bertz CT molecular complexity index is 97.7. The predicted molar refractivity (Wildman–Crippen MR) is 42.2 cm³/mol. The summed E-state index contributed by atoms with van der Waals surface area (Å²) in [6, 6.07) is -0.0591. The first-order valence-electron chi connectivity index (χ1n) is 3.78. The first kappa shape index (κ1) is 10.8. The van der Waals surface area contributed by atoms with Crippen LogP contribution in [-0.4, -0.2) is 46.7 Å². The van der Waals surface area contributed by atoms with Gasteiger partial charge < -0.3 is 20.6 Å². The summed E-state index contributed by atoms with van der Waals surface area (Å²) < 4.78 is 0. The van der Waals surface area contributed by atoms with Crippen LogP contribution in [0.25, 0.3) is 0 Å². The lowest BCUT2D eigenvalue weighted by Gasteiger charge is -2.17. The maximum absolute atomic E-state index is 9.00. The molecule has 0 saturated carbocycles. The van der Waals surface area contributed by atoms with E-state index in [0.717, 1.165) is 0 Å². The molecule has 3 unspecified atom stereocenters. The van der Waals surface area contributed by atoms with Gasteiger partial charge in [0, 0.05) is 12.6 Å². The number of hydrogen-bond donors (Lipinski definition) is 4. The highest BCUT2D eigenvalue weighted by Crippen LogP contribution is 1.90. The quantitative estimate of drug-likeness (QED) is 0.406. The van der Waals surface area contributed by atoms with Gasteiger partial charge in [-0.15, -0.1) is 0 Å². The highest BCUT2D eigenvalue weighted by atomic mass is 16.3. The van der Waals surface area contributed by atoms with E-state index < -0.39 is 12.2 Å². The van der Waals surface area contributed by atoms with E-state index in [2.05, 4.69) is 5.32 Å². The van der Waals surface area contributed by atoms with Crippen molar-refractivity contribution < 1.29 is 15.3 Å². The molecule has 0 aromatic carbocycles. The molecule has 0 rings (SSSR count). The Kier molecular flexibility index (Phi) is 5.41. The summed E-state index contributed by atoms with van der Waals surface area (Å²) in [6.07, 6.45) is -1.18. The molecule has 4 N–H and O–H groups in total. The van der Waals surface area contributed by atoms with Crippen molar-refractivity contribution in [1.29, 1.82) is 0 Å². The Morgan fingerprint density at radius 3 is 2.18 bits per heavy atom. The van der Waals surface area contributed by atoms with E-state index in [1.807, 2.05) is 6.92 Å². The Morgan fingerprint density at radius 1 is 1.27 bits per heavy atom. The van der Waals surface area contributed by atoms with Crippen molar-refractivity contribution in [3.05, 3.63) is 0 Å². The third-order valence-corrected chi connectivity index (χ3v) is 1.61. The lowest BCUT2D eigenvalue weighted by Crippen LogP contribution is -2.40. The molecule has 4 nitrogen and oxygen atoms in total. The van der Waals surface area contributed by atoms with Gasteiger partial charge in [0.05, 0.1) is 18.8 Å². The van der Waals surface area contributed by atoms with Crippen molar-refractivity contribution >= 4 is 0 Å². The average Bonchev–Trinajstić information content (AvgIpc) is 1.99. The van der Waals surface area contributed by atoms with Crippen LogP contribution in [0, 0.1) is 0 Å². The molecule has 0 fully saturated rings. The SMILES string of the molecule is CC(O)C(C)NCC(O)CO. The minimum absolute atomic E-state index is 0.0591. The van der Waals surface area contributed by atoms with Crippen molar-refractivity contribution in [3.8, 4) is 0 Å². The van der Waals surface area contributed by atoms with E-state index in [4.69, 9.17) is 15.3 Å². The first-order valence-corrected chi connectivity index (χ1v) is 3.78. The zero-order valence-electron chi connectivity index (χ0n) is 6.99. The maximum Gasteiger partial charge on any atom is 0.0895 e. The third-order valence-electron chi connectivity index (χ3n) is 1.61. The van der Waals surface area contributed by atoms with Gasteiger partial charge in [0.1, 0.15) is 0 Å².